The first-order chi connectivity index (χ1) is 11.6. The monoisotopic (exact) mass is 389 g/mol. The van der Waals surface area contributed by atoms with E-state index in [9.17, 15) is 4.79 Å². The molecule has 0 bridgehead atoms. The molecular formula is C19H20BrNO3. The Morgan fingerprint density at radius 1 is 1.12 bits per heavy atom. The predicted molar refractivity (Wildman–Crippen MR) is 96.7 cm³/mol. The second kappa shape index (κ2) is 7.26. The number of nitrogens with zero attached hydrogens (tertiary/aromatic N) is 1. The van der Waals surface area contributed by atoms with Crippen molar-refractivity contribution in [2.45, 2.75) is 18.9 Å². The van der Waals surface area contributed by atoms with Crippen molar-refractivity contribution in [2.75, 3.05) is 20.8 Å². The number of carbonyl (C=O) groups excluding carboxylic acids is 1. The lowest BCUT2D eigenvalue weighted by molar-refractivity contribution is 0.0735. The maximum atomic E-state index is 12.9. The Morgan fingerprint density at radius 3 is 2.50 bits per heavy atom. The van der Waals surface area contributed by atoms with Crippen LogP contribution in [0.5, 0.6) is 11.5 Å². The van der Waals surface area contributed by atoms with Crippen LogP contribution in [0.4, 0.5) is 0 Å². The first-order valence-electron chi connectivity index (χ1n) is 7.92. The summed E-state index contributed by atoms with van der Waals surface area (Å²) in [5.41, 5.74) is 1.82. The highest BCUT2D eigenvalue weighted by Gasteiger charge is 2.30. The molecule has 1 heterocycles. The van der Waals surface area contributed by atoms with Gasteiger partial charge in [-0.1, -0.05) is 12.1 Å². The normalized spacial score (nSPS) is 17.0. The van der Waals surface area contributed by atoms with Crippen molar-refractivity contribution in [2.24, 2.45) is 0 Å². The second-order valence-electron chi connectivity index (χ2n) is 5.78. The van der Waals surface area contributed by atoms with Gasteiger partial charge in [0.25, 0.3) is 5.91 Å². The number of carbonyl (C=O) groups is 1. The molecule has 2 aromatic carbocycles. The van der Waals surface area contributed by atoms with E-state index in [1.807, 2.05) is 47.4 Å². The number of ether oxygens (including phenoxy) is 2. The Hall–Kier alpha value is -2.01. The highest BCUT2D eigenvalue weighted by atomic mass is 79.9. The van der Waals surface area contributed by atoms with Gasteiger partial charge < -0.3 is 14.4 Å². The van der Waals surface area contributed by atoms with E-state index in [1.165, 1.54) is 0 Å². The number of hydrogen-bond acceptors (Lipinski definition) is 3. The Bertz CT molecular complexity index is 730. The largest absolute Gasteiger partial charge is 0.497 e. The van der Waals surface area contributed by atoms with E-state index in [1.54, 1.807) is 14.2 Å². The molecule has 0 N–H and O–H groups in total. The van der Waals surface area contributed by atoms with Crippen molar-refractivity contribution < 1.29 is 14.3 Å². The van der Waals surface area contributed by atoms with Crippen molar-refractivity contribution in [1.82, 2.24) is 4.90 Å². The third kappa shape index (κ3) is 3.26. The summed E-state index contributed by atoms with van der Waals surface area (Å²) >= 11 is 3.45. The highest BCUT2D eigenvalue weighted by Crippen LogP contribution is 2.35. The van der Waals surface area contributed by atoms with Gasteiger partial charge in [0, 0.05) is 12.1 Å². The van der Waals surface area contributed by atoms with Gasteiger partial charge >= 0.3 is 0 Å². The standard InChI is InChI=1S/C19H20BrNO3/c1-23-15-8-5-13(6-9-15)17-4-3-11-21(17)19(22)14-7-10-18(24-2)16(20)12-14/h5-10,12,17H,3-4,11H2,1-2H3/t17-/m0/s1. The quantitative estimate of drug-likeness (QED) is 0.775. The van der Waals surface area contributed by atoms with E-state index in [-0.39, 0.29) is 11.9 Å². The number of likely N-dealkylation sites (tertiary alicyclic amines) is 1. The minimum atomic E-state index is 0.0525. The lowest BCUT2D eigenvalue weighted by Crippen LogP contribution is -2.30. The van der Waals surface area contributed by atoms with Gasteiger partial charge in [-0.05, 0) is 64.7 Å². The fourth-order valence-corrected chi connectivity index (χ4v) is 3.69. The first-order valence-corrected chi connectivity index (χ1v) is 8.72. The molecule has 1 aliphatic rings. The molecule has 0 aliphatic carbocycles. The summed E-state index contributed by atoms with van der Waals surface area (Å²) in [5.74, 6) is 1.60. The molecule has 1 aliphatic heterocycles. The minimum Gasteiger partial charge on any atom is -0.497 e. The predicted octanol–water partition coefficient (Wildman–Crippen LogP) is 4.44. The summed E-state index contributed by atoms with van der Waals surface area (Å²) in [6.07, 6.45) is 2.00. The van der Waals surface area contributed by atoms with Gasteiger partial charge in [0.1, 0.15) is 11.5 Å². The van der Waals surface area contributed by atoms with Crippen molar-refractivity contribution in [3.8, 4) is 11.5 Å². The van der Waals surface area contributed by atoms with Crippen molar-refractivity contribution in [1.29, 1.82) is 0 Å². The zero-order valence-corrected chi connectivity index (χ0v) is 15.4. The topological polar surface area (TPSA) is 38.8 Å². The molecule has 0 spiro atoms. The Labute approximate surface area is 150 Å². The molecule has 126 valence electrons. The summed E-state index contributed by atoms with van der Waals surface area (Å²) in [5, 5.41) is 0. The molecule has 3 rings (SSSR count). The van der Waals surface area contributed by atoms with Crippen LogP contribution in [0.15, 0.2) is 46.9 Å². The highest BCUT2D eigenvalue weighted by molar-refractivity contribution is 9.10. The molecule has 0 saturated carbocycles. The van der Waals surface area contributed by atoms with Gasteiger partial charge in [-0.25, -0.2) is 0 Å². The molecule has 1 saturated heterocycles. The number of hydrogen-bond donors (Lipinski definition) is 0. The molecule has 1 amide bonds. The van der Waals surface area contributed by atoms with E-state index in [4.69, 9.17) is 9.47 Å². The molecule has 1 atom stereocenters. The van der Waals surface area contributed by atoms with Gasteiger partial charge in [0.15, 0.2) is 0 Å². The van der Waals surface area contributed by atoms with Crippen LogP contribution in [0, 0.1) is 0 Å². The van der Waals surface area contributed by atoms with Gasteiger partial charge in [-0.2, -0.15) is 0 Å². The van der Waals surface area contributed by atoms with E-state index >= 15 is 0 Å². The van der Waals surface area contributed by atoms with E-state index in [0.717, 1.165) is 40.9 Å². The number of amides is 1. The molecule has 0 aromatic heterocycles. The number of halogens is 1. The molecule has 0 radical (unpaired) electrons. The molecule has 1 fully saturated rings. The van der Waals surface area contributed by atoms with Crippen LogP contribution >= 0.6 is 15.9 Å². The third-order valence-corrected chi connectivity index (χ3v) is 5.03. The zero-order valence-electron chi connectivity index (χ0n) is 13.8. The van der Waals surface area contributed by atoms with Crippen molar-refractivity contribution >= 4 is 21.8 Å². The summed E-state index contributed by atoms with van der Waals surface area (Å²) < 4.78 is 11.2. The average Bonchev–Trinajstić information content (AvgIpc) is 3.10. The molecule has 5 heteroatoms. The Morgan fingerprint density at radius 2 is 1.88 bits per heavy atom. The van der Waals surface area contributed by atoms with E-state index in [2.05, 4.69) is 15.9 Å². The maximum Gasteiger partial charge on any atom is 0.254 e. The summed E-state index contributed by atoms with van der Waals surface area (Å²) in [7, 11) is 3.27. The molecular weight excluding hydrogens is 370 g/mol. The van der Waals surface area contributed by atoms with Crippen LogP contribution < -0.4 is 9.47 Å². The average molecular weight is 390 g/mol. The zero-order chi connectivity index (χ0) is 17.1. The molecule has 0 unspecified atom stereocenters. The van der Waals surface area contributed by atoms with Crippen LogP contribution in [-0.4, -0.2) is 31.6 Å². The lowest BCUT2D eigenvalue weighted by atomic mass is 10.0. The lowest BCUT2D eigenvalue weighted by Gasteiger charge is -2.25. The van der Waals surface area contributed by atoms with Gasteiger partial charge in [-0.15, -0.1) is 0 Å². The van der Waals surface area contributed by atoms with Crippen LogP contribution in [0.2, 0.25) is 0 Å². The third-order valence-electron chi connectivity index (χ3n) is 4.41. The van der Waals surface area contributed by atoms with E-state index < -0.39 is 0 Å². The van der Waals surface area contributed by atoms with Crippen molar-refractivity contribution in [3.05, 3.63) is 58.1 Å². The van der Waals surface area contributed by atoms with E-state index in [0.29, 0.717) is 5.56 Å². The minimum absolute atomic E-state index is 0.0525. The molecule has 4 nitrogen and oxygen atoms in total. The Balaban J connectivity index is 1.84. The number of methoxy groups -OCH3 is 2. The SMILES string of the molecule is COc1ccc([C@@H]2CCCN2C(=O)c2ccc(OC)c(Br)c2)cc1. The molecule has 24 heavy (non-hydrogen) atoms. The summed E-state index contributed by atoms with van der Waals surface area (Å²) in [6, 6.07) is 13.5. The fraction of sp³-hybridized carbons (Fsp3) is 0.316. The number of rotatable bonds is 4. The number of benzene rings is 2. The summed E-state index contributed by atoms with van der Waals surface area (Å²) in [4.78, 5) is 14.9. The smallest absolute Gasteiger partial charge is 0.254 e. The van der Waals surface area contributed by atoms with Gasteiger partial charge in [0.05, 0.1) is 24.7 Å². The van der Waals surface area contributed by atoms with Crippen molar-refractivity contribution in [3.63, 3.8) is 0 Å². The van der Waals surface area contributed by atoms with Crippen LogP contribution in [0.1, 0.15) is 34.8 Å². The second-order valence-corrected chi connectivity index (χ2v) is 6.63. The summed E-state index contributed by atoms with van der Waals surface area (Å²) in [6.45, 7) is 0.777. The van der Waals surface area contributed by atoms with Crippen LogP contribution in [0.25, 0.3) is 0 Å². The van der Waals surface area contributed by atoms with Crippen LogP contribution in [0.3, 0.4) is 0 Å². The fourth-order valence-electron chi connectivity index (χ4n) is 3.15. The van der Waals surface area contributed by atoms with Gasteiger partial charge in [0.2, 0.25) is 0 Å². The van der Waals surface area contributed by atoms with Crippen LogP contribution in [-0.2, 0) is 0 Å². The van der Waals surface area contributed by atoms with Gasteiger partial charge in [-0.3, -0.25) is 4.79 Å². The maximum absolute atomic E-state index is 12.9. The molecule has 2 aromatic rings. The Kier molecular flexibility index (Phi) is 5.09. The first kappa shape index (κ1) is 16.8.